The number of aliphatic hydroxyl groups is 1. The van der Waals surface area contributed by atoms with Crippen LogP contribution in [0.2, 0.25) is 0 Å². The predicted molar refractivity (Wildman–Crippen MR) is 67.7 cm³/mol. The smallest absolute Gasteiger partial charge is 0.123 e. The molecule has 4 heteroatoms. The van der Waals surface area contributed by atoms with Crippen molar-refractivity contribution in [2.45, 2.75) is 32.4 Å². The van der Waals surface area contributed by atoms with Gasteiger partial charge in [0.25, 0.3) is 0 Å². The number of benzene rings is 1. The maximum Gasteiger partial charge on any atom is 0.123 e. The van der Waals surface area contributed by atoms with E-state index in [1.807, 2.05) is 24.7 Å². The molecule has 0 fully saturated rings. The Kier molecular flexibility index (Phi) is 3.77. The van der Waals surface area contributed by atoms with Gasteiger partial charge in [-0.05, 0) is 31.5 Å². The van der Waals surface area contributed by atoms with Crippen LogP contribution >= 0.6 is 0 Å². The van der Waals surface area contributed by atoms with Gasteiger partial charge in [0.2, 0.25) is 0 Å². The summed E-state index contributed by atoms with van der Waals surface area (Å²) in [5, 5.41) is 14.3. The Morgan fingerprint density at radius 1 is 1.28 bits per heavy atom. The van der Waals surface area contributed by atoms with Gasteiger partial charge in [-0.2, -0.15) is 5.10 Å². The molecule has 1 heterocycles. The topological polar surface area (TPSA) is 38.0 Å². The van der Waals surface area contributed by atoms with E-state index >= 15 is 0 Å². The van der Waals surface area contributed by atoms with Crippen molar-refractivity contribution in [1.29, 1.82) is 0 Å². The second kappa shape index (κ2) is 5.31. The molecule has 1 atom stereocenters. The molecule has 2 aromatic rings. The summed E-state index contributed by atoms with van der Waals surface area (Å²) in [6, 6.07) is 6.45. The summed E-state index contributed by atoms with van der Waals surface area (Å²) < 4.78 is 14.6. The summed E-state index contributed by atoms with van der Waals surface area (Å²) >= 11 is 0. The van der Waals surface area contributed by atoms with Gasteiger partial charge in [-0.25, -0.2) is 4.39 Å². The van der Waals surface area contributed by atoms with Crippen LogP contribution in [0.4, 0.5) is 4.39 Å². The number of aromatic nitrogens is 2. The average molecular weight is 248 g/mol. The molecular weight excluding hydrogens is 231 g/mol. The highest BCUT2D eigenvalue weighted by Crippen LogP contribution is 2.19. The molecule has 3 nitrogen and oxygen atoms in total. The third kappa shape index (κ3) is 2.96. The maximum atomic E-state index is 12.8. The Hall–Kier alpha value is -1.68. The minimum Gasteiger partial charge on any atom is -0.388 e. The molecule has 0 aliphatic carbocycles. The van der Waals surface area contributed by atoms with Crippen molar-refractivity contribution in [3.8, 4) is 0 Å². The second-order valence-electron chi connectivity index (χ2n) is 4.69. The first-order chi connectivity index (χ1) is 8.56. The van der Waals surface area contributed by atoms with E-state index in [1.54, 1.807) is 18.3 Å². The van der Waals surface area contributed by atoms with Crippen LogP contribution in [0.15, 0.2) is 36.7 Å². The number of hydrogen-bond donors (Lipinski definition) is 1. The SMILES string of the molecule is CC(C)n1cc(C(O)Cc2ccc(F)cc2)cn1. The zero-order valence-electron chi connectivity index (χ0n) is 10.5. The van der Waals surface area contributed by atoms with Crippen LogP contribution < -0.4 is 0 Å². The minimum absolute atomic E-state index is 0.263. The molecule has 0 aliphatic heterocycles. The van der Waals surface area contributed by atoms with Gasteiger partial charge in [0.15, 0.2) is 0 Å². The van der Waals surface area contributed by atoms with Crippen LogP contribution in [-0.4, -0.2) is 14.9 Å². The van der Waals surface area contributed by atoms with Gasteiger partial charge in [0, 0.05) is 24.2 Å². The lowest BCUT2D eigenvalue weighted by Crippen LogP contribution is -2.02. The van der Waals surface area contributed by atoms with Gasteiger partial charge >= 0.3 is 0 Å². The zero-order chi connectivity index (χ0) is 13.1. The quantitative estimate of drug-likeness (QED) is 0.903. The van der Waals surface area contributed by atoms with E-state index in [0.717, 1.165) is 11.1 Å². The van der Waals surface area contributed by atoms with E-state index in [4.69, 9.17) is 0 Å². The summed E-state index contributed by atoms with van der Waals surface area (Å²) in [5.41, 5.74) is 1.69. The number of halogens is 1. The fraction of sp³-hybridized carbons (Fsp3) is 0.357. The lowest BCUT2D eigenvalue weighted by molar-refractivity contribution is 0.178. The Morgan fingerprint density at radius 2 is 1.94 bits per heavy atom. The first-order valence-corrected chi connectivity index (χ1v) is 6.03. The molecule has 96 valence electrons. The molecule has 0 amide bonds. The molecule has 0 spiro atoms. The zero-order valence-corrected chi connectivity index (χ0v) is 10.5. The van der Waals surface area contributed by atoms with Crippen molar-refractivity contribution in [2.75, 3.05) is 0 Å². The van der Waals surface area contributed by atoms with E-state index in [9.17, 15) is 9.50 Å². The van der Waals surface area contributed by atoms with Gasteiger partial charge < -0.3 is 5.11 Å². The van der Waals surface area contributed by atoms with Crippen molar-refractivity contribution in [2.24, 2.45) is 0 Å². The number of hydrogen-bond acceptors (Lipinski definition) is 2. The molecule has 18 heavy (non-hydrogen) atoms. The average Bonchev–Trinajstić information content (AvgIpc) is 2.81. The van der Waals surface area contributed by atoms with E-state index in [2.05, 4.69) is 5.10 Å². The molecule has 1 aromatic carbocycles. The van der Waals surface area contributed by atoms with Gasteiger partial charge in [0.1, 0.15) is 5.82 Å². The van der Waals surface area contributed by atoms with Crippen LogP contribution in [0.5, 0.6) is 0 Å². The summed E-state index contributed by atoms with van der Waals surface area (Å²) in [6.07, 6.45) is 3.37. The highest BCUT2D eigenvalue weighted by molar-refractivity contribution is 5.19. The fourth-order valence-electron chi connectivity index (χ4n) is 1.77. The summed E-state index contributed by atoms with van der Waals surface area (Å²) in [5.74, 6) is -0.263. The number of rotatable bonds is 4. The van der Waals surface area contributed by atoms with Crippen molar-refractivity contribution < 1.29 is 9.50 Å². The highest BCUT2D eigenvalue weighted by atomic mass is 19.1. The first-order valence-electron chi connectivity index (χ1n) is 6.03. The molecule has 1 unspecified atom stereocenters. The van der Waals surface area contributed by atoms with Crippen LogP contribution in [-0.2, 0) is 6.42 Å². The molecule has 0 radical (unpaired) electrons. The predicted octanol–water partition coefficient (Wildman–Crippen LogP) is 2.88. The molecular formula is C14H17FN2O. The molecule has 0 saturated heterocycles. The van der Waals surface area contributed by atoms with E-state index in [1.165, 1.54) is 12.1 Å². The van der Waals surface area contributed by atoms with Crippen LogP contribution in [0.25, 0.3) is 0 Å². The van der Waals surface area contributed by atoms with E-state index in [0.29, 0.717) is 6.42 Å². The standard InChI is InChI=1S/C14H17FN2O/c1-10(2)17-9-12(8-16-17)14(18)7-11-3-5-13(15)6-4-11/h3-6,8-10,14,18H,7H2,1-2H3. The van der Waals surface area contributed by atoms with Crippen molar-refractivity contribution >= 4 is 0 Å². The van der Waals surface area contributed by atoms with E-state index < -0.39 is 6.10 Å². The lowest BCUT2D eigenvalue weighted by Gasteiger charge is -2.08. The third-order valence-electron chi connectivity index (χ3n) is 2.88. The van der Waals surface area contributed by atoms with Crippen molar-refractivity contribution in [3.63, 3.8) is 0 Å². The molecule has 0 aliphatic rings. The minimum atomic E-state index is -0.608. The lowest BCUT2D eigenvalue weighted by atomic mass is 10.0. The Bertz CT molecular complexity index is 505. The van der Waals surface area contributed by atoms with Crippen molar-refractivity contribution in [1.82, 2.24) is 9.78 Å². The largest absolute Gasteiger partial charge is 0.388 e. The fourth-order valence-corrected chi connectivity index (χ4v) is 1.77. The molecule has 2 rings (SSSR count). The monoisotopic (exact) mass is 248 g/mol. The van der Waals surface area contributed by atoms with Crippen LogP contribution in [0, 0.1) is 5.82 Å². The summed E-state index contributed by atoms with van der Waals surface area (Å²) in [6.45, 7) is 4.06. The molecule has 1 N–H and O–H groups in total. The summed E-state index contributed by atoms with van der Waals surface area (Å²) in [7, 11) is 0. The van der Waals surface area contributed by atoms with E-state index in [-0.39, 0.29) is 11.9 Å². The number of aliphatic hydroxyl groups excluding tert-OH is 1. The van der Waals surface area contributed by atoms with Crippen LogP contribution in [0.3, 0.4) is 0 Å². The highest BCUT2D eigenvalue weighted by Gasteiger charge is 2.12. The third-order valence-corrected chi connectivity index (χ3v) is 2.88. The van der Waals surface area contributed by atoms with Crippen LogP contribution in [0.1, 0.15) is 37.1 Å². The molecule has 0 saturated carbocycles. The second-order valence-corrected chi connectivity index (χ2v) is 4.69. The Balaban J connectivity index is 2.06. The molecule has 0 bridgehead atoms. The Morgan fingerprint density at radius 3 is 2.50 bits per heavy atom. The van der Waals surface area contributed by atoms with Crippen molar-refractivity contribution in [3.05, 3.63) is 53.6 Å². The normalized spacial score (nSPS) is 12.9. The molecule has 1 aromatic heterocycles. The summed E-state index contributed by atoms with van der Waals surface area (Å²) in [4.78, 5) is 0. The van der Waals surface area contributed by atoms with Gasteiger partial charge in [0.05, 0.1) is 12.3 Å². The number of nitrogens with zero attached hydrogens (tertiary/aromatic N) is 2. The van der Waals surface area contributed by atoms with Gasteiger partial charge in [-0.1, -0.05) is 12.1 Å². The Labute approximate surface area is 106 Å². The van der Waals surface area contributed by atoms with Gasteiger partial charge in [-0.15, -0.1) is 0 Å². The first kappa shape index (κ1) is 12.8. The maximum absolute atomic E-state index is 12.8. The van der Waals surface area contributed by atoms with Gasteiger partial charge in [-0.3, -0.25) is 4.68 Å².